The average molecular weight is 326 g/mol. The molecule has 2 aliphatic rings. The van der Waals surface area contributed by atoms with Gasteiger partial charge in [0.2, 0.25) is 5.91 Å². The van der Waals surface area contributed by atoms with Gasteiger partial charge in [-0.15, -0.1) is 0 Å². The highest BCUT2D eigenvalue weighted by Gasteiger charge is 2.50. The number of nitrogens with one attached hydrogen (secondary N) is 1. The highest BCUT2D eigenvalue weighted by atomic mass is 19.4. The van der Waals surface area contributed by atoms with Crippen LogP contribution in [0.5, 0.6) is 0 Å². The minimum absolute atomic E-state index is 0.145. The molecular weight excluding hydrogens is 315 g/mol. The van der Waals surface area contributed by atoms with Gasteiger partial charge in [0, 0.05) is 17.6 Å². The molecule has 2 heterocycles. The third kappa shape index (κ3) is 2.81. The van der Waals surface area contributed by atoms with Crippen molar-refractivity contribution in [2.45, 2.75) is 18.4 Å². The van der Waals surface area contributed by atoms with Gasteiger partial charge in [-0.3, -0.25) is 4.79 Å². The summed E-state index contributed by atoms with van der Waals surface area (Å²) in [6.45, 7) is 0. The minimum Gasteiger partial charge on any atom is -0.550 e. The summed E-state index contributed by atoms with van der Waals surface area (Å²) in [5, 5.41) is 13.6. The van der Waals surface area contributed by atoms with Crippen LogP contribution in [-0.4, -0.2) is 24.1 Å². The molecule has 0 spiro atoms. The number of carboxylic acid groups (broad SMARTS) is 1. The fraction of sp³-hybridized carbons (Fsp3) is 0.333. The van der Waals surface area contributed by atoms with Crippen LogP contribution in [0.4, 0.5) is 18.9 Å². The van der Waals surface area contributed by atoms with Crippen LogP contribution in [0.25, 0.3) is 0 Å². The molecule has 1 fully saturated rings. The molecule has 0 unspecified atom stereocenters. The lowest BCUT2D eigenvalue weighted by molar-refractivity contribution is -0.313. The molecule has 4 atom stereocenters. The van der Waals surface area contributed by atoms with E-state index in [0.717, 1.165) is 24.3 Å². The summed E-state index contributed by atoms with van der Waals surface area (Å²) in [5.74, 6) is -4.11. The number of aliphatic carboxylic acids is 1. The van der Waals surface area contributed by atoms with Gasteiger partial charge in [0.25, 0.3) is 0 Å². The van der Waals surface area contributed by atoms with Gasteiger partial charge in [-0.2, -0.15) is 13.2 Å². The predicted molar refractivity (Wildman–Crippen MR) is 69.9 cm³/mol. The summed E-state index contributed by atoms with van der Waals surface area (Å²) in [6, 6.07) is 3.89. The number of alkyl halides is 3. The van der Waals surface area contributed by atoms with Crippen LogP contribution >= 0.6 is 0 Å². The molecule has 1 aromatic carbocycles. The quantitative estimate of drug-likeness (QED) is 0.840. The Balaban J connectivity index is 1.74. The Morgan fingerprint density at radius 2 is 1.61 bits per heavy atom. The maximum atomic E-state index is 12.5. The van der Waals surface area contributed by atoms with Gasteiger partial charge in [-0.05, 0) is 24.3 Å². The molecule has 2 aliphatic heterocycles. The maximum Gasteiger partial charge on any atom is 0.416 e. The molecule has 5 nitrogen and oxygen atoms in total. The van der Waals surface area contributed by atoms with Gasteiger partial charge >= 0.3 is 6.18 Å². The van der Waals surface area contributed by atoms with Crippen molar-refractivity contribution in [2.75, 3.05) is 5.32 Å². The number of hydrogen-bond acceptors (Lipinski definition) is 4. The first-order valence-corrected chi connectivity index (χ1v) is 6.80. The van der Waals surface area contributed by atoms with E-state index >= 15 is 0 Å². The van der Waals surface area contributed by atoms with E-state index < -0.39 is 47.7 Å². The maximum absolute atomic E-state index is 12.5. The van der Waals surface area contributed by atoms with Crippen LogP contribution in [0.15, 0.2) is 36.4 Å². The summed E-state index contributed by atoms with van der Waals surface area (Å²) < 4.78 is 42.8. The number of ether oxygens (including phenoxy) is 1. The predicted octanol–water partition coefficient (Wildman–Crippen LogP) is 0.963. The molecule has 3 rings (SSSR count). The summed E-state index contributed by atoms with van der Waals surface area (Å²) in [7, 11) is 0. The summed E-state index contributed by atoms with van der Waals surface area (Å²) in [6.07, 6.45) is -2.69. The number of carbonyl (C=O) groups excluding carboxylic acids is 2. The second kappa shape index (κ2) is 5.38. The van der Waals surface area contributed by atoms with E-state index in [1.807, 2.05) is 0 Å². The van der Waals surface area contributed by atoms with E-state index in [1.165, 1.54) is 0 Å². The summed E-state index contributed by atoms with van der Waals surface area (Å²) >= 11 is 0. The van der Waals surface area contributed by atoms with Gasteiger partial charge in [0.15, 0.2) is 0 Å². The van der Waals surface area contributed by atoms with Crippen LogP contribution in [0.1, 0.15) is 5.56 Å². The first-order valence-electron chi connectivity index (χ1n) is 6.80. The van der Waals surface area contributed by atoms with Crippen LogP contribution in [0, 0.1) is 11.8 Å². The first-order chi connectivity index (χ1) is 10.8. The Bertz CT molecular complexity index is 668. The van der Waals surface area contributed by atoms with E-state index in [9.17, 15) is 27.9 Å². The van der Waals surface area contributed by atoms with Crippen molar-refractivity contribution in [3.05, 3.63) is 42.0 Å². The number of carboxylic acids is 1. The van der Waals surface area contributed by atoms with Crippen molar-refractivity contribution < 1.29 is 32.6 Å². The smallest absolute Gasteiger partial charge is 0.416 e. The lowest BCUT2D eigenvalue weighted by atomic mass is 9.82. The molecule has 0 saturated carbocycles. The number of fused-ring (bicyclic) bond motifs is 2. The van der Waals surface area contributed by atoms with Gasteiger partial charge in [-0.25, -0.2) is 0 Å². The Labute approximate surface area is 128 Å². The Morgan fingerprint density at radius 1 is 1.04 bits per heavy atom. The van der Waals surface area contributed by atoms with Gasteiger partial charge in [-0.1, -0.05) is 12.2 Å². The third-order valence-electron chi connectivity index (χ3n) is 3.95. The normalized spacial score (nSPS) is 28.8. The number of carbonyl (C=O) groups is 2. The molecule has 1 amide bonds. The minimum atomic E-state index is -4.47. The average Bonchev–Trinajstić information content (AvgIpc) is 3.07. The molecule has 0 aliphatic carbocycles. The molecular formula is C15H11F3NO4-. The lowest BCUT2D eigenvalue weighted by Gasteiger charge is -2.25. The van der Waals surface area contributed by atoms with Crippen molar-refractivity contribution >= 4 is 17.6 Å². The molecule has 2 bridgehead atoms. The standard InChI is InChI=1S/C15H12F3NO4/c16-15(17,18)7-1-3-8(4-2-7)19-13(20)11-9-5-6-10(23-9)12(11)14(21)22/h1-6,9-12H,(H,19,20)(H,21,22)/p-1/t9-,10+,11-,12-/m0/s1. The Kier molecular flexibility index (Phi) is 3.63. The fourth-order valence-electron chi connectivity index (χ4n) is 2.87. The zero-order valence-electron chi connectivity index (χ0n) is 11.5. The monoisotopic (exact) mass is 326 g/mol. The van der Waals surface area contributed by atoms with E-state index in [0.29, 0.717) is 0 Å². The zero-order valence-corrected chi connectivity index (χ0v) is 11.5. The van der Waals surface area contributed by atoms with Crippen molar-refractivity contribution in [1.29, 1.82) is 0 Å². The van der Waals surface area contributed by atoms with E-state index in [4.69, 9.17) is 4.74 Å². The Hall–Kier alpha value is -2.35. The SMILES string of the molecule is O=C(Nc1ccc(C(F)(F)F)cc1)[C@@H]1[C@@H](C(=O)[O-])[C@H]2C=C[C@@H]1O2. The molecule has 1 aromatic rings. The topological polar surface area (TPSA) is 78.5 Å². The van der Waals surface area contributed by atoms with E-state index in [2.05, 4.69) is 5.32 Å². The van der Waals surface area contributed by atoms with Crippen LogP contribution in [-0.2, 0) is 20.5 Å². The first kappa shape index (κ1) is 15.5. The lowest BCUT2D eigenvalue weighted by Crippen LogP contribution is -2.45. The highest BCUT2D eigenvalue weighted by Crippen LogP contribution is 2.39. The molecule has 122 valence electrons. The second-order valence-corrected chi connectivity index (χ2v) is 5.39. The van der Waals surface area contributed by atoms with E-state index in [1.54, 1.807) is 12.2 Å². The number of anilines is 1. The molecule has 1 saturated heterocycles. The Morgan fingerprint density at radius 3 is 2.13 bits per heavy atom. The highest BCUT2D eigenvalue weighted by molar-refractivity contribution is 5.96. The molecule has 1 N–H and O–H groups in total. The van der Waals surface area contributed by atoms with Crippen molar-refractivity contribution in [3.63, 3.8) is 0 Å². The van der Waals surface area contributed by atoms with Crippen LogP contribution in [0.2, 0.25) is 0 Å². The van der Waals surface area contributed by atoms with E-state index in [-0.39, 0.29) is 5.69 Å². The number of amides is 1. The van der Waals surface area contributed by atoms with Gasteiger partial charge < -0.3 is 20.0 Å². The van der Waals surface area contributed by atoms with Crippen LogP contribution < -0.4 is 10.4 Å². The summed E-state index contributed by atoms with van der Waals surface area (Å²) in [5.41, 5.74) is -0.693. The van der Waals surface area contributed by atoms with Crippen molar-refractivity contribution in [2.24, 2.45) is 11.8 Å². The number of rotatable bonds is 3. The van der Waals surface area contributed by atoms with Crippen LogP contribution in [0.3, 0.4) is 0 Å². The molecule has 0 radical (unpaired) electrons. The largest absolute Gasteiger partial charge is 0.550 e. The second-order valence-electron chi connectivity index (χ2n) is 5.39. The summed E-state index contributed by atoms with van der Waals surface area (Å²) in [4.78, 5) is 23.4. The molecule has 8 heteroatoms. The number of benzene rings is 1. The van der Waals surface area contributed by atoms with Crippen molar-refractivity contribution in [1.82, 2.24) is 0 Å². The van der Waals surface area contributed by atoms with Gasteiger partial charge in [0.1, 0.15) is 0 Å². The van der Waals surface area contributed by atoms with Crippen molar-refractivity contribution in [3.8, 4) is 0 Å². The third-order valence-corrected chi connectivity index (χ3v) is 3.95. The molecule has 0 aromatic heterocycles. The molecule has 23 heavy (non-hydrogen) atoms. The number of halogens is 3. The zero-order chi connectivity index (χ0) is 16.8. The van der Waals surface area contributed by atoms with Gasteiger partial charge in [0.05, 0.1) is 23.7 Å². The fourth-order valence-corrected chi connectivity index (χ4v) is 2.87. The number of hydrogen-bond donors (Lipinski definition) is 1.